The number of rotatable bonds is 7. The molecule has 0 unspecified atom stereocenters. The van der Waals surface area contributed by atoms with Crippen molar-refractivity contribution in [3.8, 4) is 0 Å². The molecule has 94 valence electrons. The number of carbonyl (C=O) groups is 2. The second-order valence-corrected chi connectivity index (χ2v) is 4.49. The number of hydrogen-bond acceptors (Lipinski definition) is 3. The highest BCUT2D eigenvalue weighted by atomic mass is 16.5. The zero-order valence-electron chi connectivity index (χ0n) is 11.1. The van der Waals surface area contributed by atoms with Gasteiger partial charge in [-0.25, -0.2) is 0 Å². The van der Waals surface area contributed by atoms with Crippen LogP contribution in [-0.2, 0) is 14.3 Å². The quantitative estimate of drug-likeness (QED) is 0.629. The lowest BCUT2D eigenvalue weighted by Crippen LogP contribution is -2.26. The fraction of sp³-hybridized carbons (Fsp3) is 0.846. The molecule has 0 amide bonds. The van der Waals surface area contributed by atoms with Gasteiger partial charge in [-0.2, -0.15) is 0 Å². The minimum atomic E-state index is -0.242. The van der Waals surface area contributed by atoms with E-state index in [9.17, 15) is 9.59 Å². The number of carbonyl (C=O) groups excluding carboxylic acids is 2. The van der Waals surface area contributed by atoms with Gasteiger partial charge in [0, 0.05) is 19.3 Å². The number of ketones is 1. The van der Waals surface area contributed by atoms with Gasteiger partial charge in [0.25, 0.3) is 0 Å². The molecule has 3 atom stereocenters. The van der Waals surface area contributed by atoms with Crippen molar-refractivity contribution in [3.63, 3.8) is 0 Å². The molecule has 0 saturated carbocycles. The maximum absolute atomic E-state index is 11.5. The van der Waals surface area contributed by atoms with Gasteiger partial charge >= 0.3 is 5.97 Å². The lowest BCUT2D eigenvalue weighted by molar-refractivity contribution is -0.149. The molecular weight excluding hydrogens is 204 g/mol. The summed E-state index contributed by atoms with van der Waals surface area (Å²) in [6.45, 7) is 9.29. The van der Waals surface area contributed by atoms with Crippen LogP contribution in [0.4, 0.5) is 0 Å². The SMILES string of the molecule is CCC(=O)[C@H](C)C[C@H](C)[C@H](CC)OC(C)=O. The minimum Gasteiger partial charge on any atom is -0.462 e. The number of hydrogen-bond donors (Lipinski definition) is 0. The Labute approximate surface area is 98.6 Å². The van der Waals surface area contributed by atoms with Crippen LogP contribution in [0.5, 0.6) is 0 Å². The fourth-order valence-electron chi connectivity index (χ4n) is 2.00. The molecule has 0 aromatic heterocycles. The Morgan fingerprint density at radius 3 is 2.12 bits per heavy atom. The Balaban J connectivity index is 4.24. The maximum Gasteiger partial charge on any atom is 0.302 e. The molecule has 0 radical (unpaired) electrons. The molecule has 0 bridgehead atoms. The molecule has 0 aromatic rings. The molecule has 0 saturated heterocycles. The van der Waals surface area contributed by atoms with Gasteiger partial charge in [0.05, 0.1) is 0 Å². The Morgan fingerprint density at radius 2 is 1.75 bits per heavy atom. The summed E-state index contributed by atoms with van der Waals surface area (Å²) in [5, 5.41) is 0. The summed E-state index contributed by atoms with van der Waals surface area (Å²) in [4.78, 5) is 22.4. The van der Waals surface area contributed by atoms with Crippen molar-refractivity contribution in [1.29, 1.82) is 0 Å². The van der Waals surface area contributed by atoms with Gasteiger partial charge in [0.1, 0.15) is 11.9 Å². The molecule has 3 nitrogen and oxygen atoms in total. The third-order valence-corrected chi connectivity index (χ3v) is 2.98. The standard InChI is InChI=1S/C13H24O3/c1-6-12(15)9(3)8-10(4)13(7-2)16-11(5)14/h9-10,13H,6-8H2,1-5H3/t9-,10+,13+/m1/s1. The van der Waals surface area contributed by atoms with Crippen LogP contribution in [0.3, 0.4) is 0 Å². The van der Waals surface area contributed by atoms with Gasteiger partial charge in [-0.05, 0) is 18.8 Å². The molecule has 0 fully saturated rings. The summed E-state index contributed by atoms with van der Waals surface area (Å²) in [6.07, 6.45) is 2.11. The third kappa shape index (κ3) is 5.29. The first-order valence-corrected chi connectivity index (χ1v) is 6.12. The highest BCUT2D eigenvalue weighted by molar-refractivity contribution is 5.80. The molecule has 0 rings (SSSR count). The number of Topliss-reactive ketones (excluding diaryl/α,β-unsaturated/α-hetero) is 1. The molecule has 0 aliphatic carbocycles. The Morgan fingerprint density at radius 1 is 1.19 bits per heavy atom. The molecule has 16 heavy (non-hydrogen) atoms. The van der Waals surface area contributed by atoms with E-state index in [1.165, 1.54) is 6.92 Å². The van der Waals surface area contributed by atoms with E-state index in [0.717, 1.165) is 12.8 Å². The van der Waals surface area contributed by atoms with E-state index in [2.05, 4.69) is 0 Å². The van der Waals surface area contributed by atoms with Crippen molar-refractivity contribution in [2.75, 3.05) is 0 Å². The Bertz CT molecular complexity index is 235. The topological polar surface area (TPSA) is 43.4 Å². The molecule has 0 N–H and O–H groups in total. The van der Waals surface area contributed by atoms with Crippen molar-refractivity contribution in [1.82, 2.24) is 0 Å². The van der Waals surface area contributed by atoms with Crippen LogP contribution in [0.1, 0.15) is 53.9 Å². The van der Waals surface area contributed by atoms with Gasteiger partial charge in [0.2, 0.25) is 0 Å². The van der Waals surface area contributed by atoms with Crippen molar-refractivity contribution in [2.24, 2.45) is 11.8 Å². The molecule has 0 spiro atoms. The summed E-state index contributed by atoms with van der Waals surface area (Å²) in [6, 6.07) is 0. The molecule has 0 aliphatic rings. The predicted molar refractivity (Wildman–Crippen MR) is 64.1 cm³/mol. The van der Waals surface area contributed by atoms with Crippen molar-refractivity contribution in [2.45, 2.75) is 60.0 Å². The van der Waals surface area contributed by atoms with E-state index in [0.29, 0.717) is 6.42 Å². The molecule has 0 aromatic carbocycles. The normalized spacial score (nSPS) is 16.3. The second-order valence-electron chi connectivity index (χ2n) is 4.49. The van der Waals surface area contributed by atoms with E-state index < -0.39 is 0 Å². The first-order chi connectivity index (χ1) is 7.42. The third-order valence-electron chi connectivity index (χ3n) is 2.98. The van der Waals surface area contributed by atoms with Crippen LogP contribution >= 0.6 is 0 Å². The predicted octanol–water partition coefficient (Wildman–Crippen LogP) is 2.97. The minimum absolute atomic E-state index is 0.0598. The van der Waals surface area contributed by atoms with Gasteiger partial charge in [0.15, 0.2) is 0 Å². The Hall–Kier alpha value is -0.860. The average molecular weight is 228 g/mol. The van der Waals surface area contributed by atoms with E-state index in [1.54, 1.807) is 0 Å². The summed E-state index contributed by atoms with van der Waals surface area (Å²) in [5.74, 6) is 0.335. The van der Waals surface area contributed by atoms with Gasteiger partial charge in [-0.1, -0.05) is 27.7 Å². The lowest BCUT2D eigenvalue weighted by Gasteiger charge is -2.24. The molecule has 0 heterocycles. The van der Waals surface area contributed by atoms with Gasteiger partial charge in [-0.3, -0.25) is 9.59 Å². The summed E-state index contributed by atoms with van der Waals surface area (Å²) in [5.41, 5.74) is 0. The van der Waals surface area contributed by atoms with Crippen LogP contribution in [0.15, 0.2) is 0 Å². The Kier molecular flexibility index (Phi) is 7.02. The first kappa shape index (κ1) is 15.1. The summed E-state index contributed by atoms with van der Waals surface area (Å²) >= 11 is 0. The molecule has 0 aliphatic heterocycles. The largest absolute Gasteiger partial charge is 0.462 e. The molecule has 3 heteroatoms. The monoisotopic (exact) mass is 228 g/mol. The number of esters is 1. The lowest BCUT2D eigenvalue weighted by atomic mass is 9.88. The zero-order chi connectivity index (χ0) is 12.7. The fourth-order valence-corrected chi connectivity index (χ4v) is 2.00. The second kappa shape index (κ2) is 7.42. The first-order valence-electron chi connectivity index (χ1n) is 6.12. The summed E-state index contributed by atoms with van der Waals surface area (Å²) in [7, 11) is 0. The highest BCUT2D eigenvalue weighted by Gasteiger charge is 2.22. The highest BCUT2D eigenvalue weighted by Crippen LogP contribution is 2.21. The van der Waals surface area contributed by atoms with Crippen molar-refractivity contribution in [3.05, 3.63) is 0 Å². The molecular formula is C13H24O3. The van der Waals surface area contributed by atoms with E-state index >= 15 is 0 Å². The summed E-state index contributed by atoms with van der Waals surface area (Å²) < 4.78 is 5.23. The van der Waals surface area contributed by atoms with E-state index in [4.69, 9.17) is 4.74 Å². The van der Waals surface area contributed by atoms with Crippen LogP contribution in [-0.4, -0.2) is 17.9 Å². The maximum atomic E-state index is 11.5. The van der Waals surface area contributed by atoms with Crippen LogP contribution in [0.2, 0.25) is 0 Å². The van der Waals surface area contributed by atoms with Gasteiger partial charge in [-0.15, -0.1) is 0 Å². The smallest absolute Gasteiger partial charge is 0.302 e. The number of ether oxygens (including phenoxy) is 1. The van der Waals surface area contributed by atoms with E-state index in [1.807, 2.05) is 27.7 Å². The van der Waals surface area contributed by atoms with Crippen LogP contribution in [0, 0.1) is 11.8 Å². The average Bonchev–Trinajstić information content (AvgIpc) is 2.23. The van der Waals surface area contributed by atoms with Crippen molar-refractivity contribution >= 4 is 11.8 Å². The van der Waals surface area contributed by atoms with Crippen molar-refractivity contribution < 1.29 is 14.3 Å². The van der Waals surface area contributed by atoms with Gasteiger partial charge < -0.3 is 4.74 Å². The van der Waals surface area contributed by atoms with E-state index in [-0.39, 0.29) is 29.7 Å². The van der Waals surface area contributed by atoms with Crippen LogP contribution < -0.4 is 0 Å². The zero-order valence-corrected chi connectivity index (χ0v) is 11.1. The van der Waals surface area contributed by atoms with Crippen LogP contribution in [0.25, 0.3) is 0 Å².